The molecular weight excluding hydrogens is 362 g/mol. The van der Waals surface area contributed by atoms with E-state index >= 15 is 0 Å². The molecule has 1 aliphatic heterocycles. The first-order valence-electron chi connectivity index (χ1n) is 8.97. The molecule has 2 N–H and O–H groups in total. The zero-order valence-electron chi connectivity index (χ0n) is 15.1. The SMILES string of the molecule is CCOc1cccc(CN2CCc3nc(-c4cccs4)[nH]c(=O)c3C2)c1O. The number of nitrogens with zero attached hydrogens (tertiary/aromatic N) is 2. The molecule has 3 aromatic rings. The molecule has 6 nitrogen and oxygen atoms in total. The van der Waals surface area contributed by atoms with Gasteiger partial charge in [-0.3, -0.25) is 9.69 Å². The van der Waals surface area contributed by atoms with Gasteiger partial charge in [0.1, 0.15) is 0 Å². The lowest BCUT2D eigenvalue weighted by molar-refractivity contribution is 0.237. The van der Waals surface area contributed by atoms with Crippen LogP contribution in [0.3, 0.4) is 0 Å². The van der Waals surface area contributed by atoms with Crippen molar-refractivity contribution in [2.45, 2.75) is 26.4 Å². The fourth-order valence-corrected chi connectivity index (χ4v) is 4.02. The van der Waals surface area contributed by atoms with E-state index in [9.17, 15) is 9.90 Å². The molecule has 0 spiro atoms. The van der Waals surface area contributed by atoms with Crippen molar-refractivity contribution in [2.75, 3.05) is 13.2 Å². The van der Waals surface area contributed by atoms with Crippen LogP contribution in [0.4, 0.5) is 0 Å². The molecule has 0 unspecified atom stereocenters. The molecule has 3 heterocycles. The number of benzene rings is 1. The van der Waals surface area contributed by atoms with E-state index in [1.807, 2.05) is 36.6 Å². The zero-order chi connectivity index (χ0) is 18.8. The number of nitrogens with one attached hydrogen (secondary N) is 1. The molecule has 4 rings (SSSR count). The summed E-state index contributed by atoms with van der Waals surface area (Å²) in [6, 6.07) is 9.42. The smallest absolute Gasteiger partial charge is 0.255 e. The van der Waals surface area contributed by atoms with E-state index in [-0.39, 0.29) is 11.3 Å². The molecule has 0 bridgehead atoms. The number of aromatic hydroxyl groups is 1. The minimum Gasteiger partial charge on any atom is -0.504 e. The molecule has 1 aromatic carbocycles. The summed E-state index contributed by atoms with van der Waals surface area (Å²) in [5.41, 5.74) is 2.29. The number of fused-ring (bicyclic) bond motifs is 1. The normalized spacial score (nSPS) is 14.1. The van der Waals surface area contributed by atoms with Crippen LogP contribution in [-0.2, 0) is 19.5 Å². The second kappa shape index (κ2) is 7.54. The van der Waals surface area contributed by atoms with Gasteiger partial charge in [-0.2, -0.15) is 0 Å². The average molecular weight is 383 g/mol. The van der Waals surface area contributed by atoms with Crippen molar-refractivity contribution >= 4 is 11.3 Å². The van der Waals surface area contributed by atoms with Gasteiger partial charge in [0.05, 0.1) is 22.7 Å². The number of thiophene rings is 1. The minimum atomic E-state index is -0.0830. The topological polar surface area (TPSA) is 78.5 Å². The number of phenols is 1. The number of phenolic OH excluding ortho intramolecular Hbond substituents is 1. The van der Waals surface area contributed by atoms with Crippen molar-refractivity contribution in [1.82, 2.24) is 14.9 Å². The van der Waals surface area contributed by atoms with Crippen molar-refractivity contribution in [2.24, 2.45) is 0 Å². The molecule has 2 aromatic heterocycles. The molecule has 0 radical (unpaired) electrons. The van der Waals surface area contributed by atoms with Crippen LogP contribution in [0.1, 0.15) is 23.7 Å². The van der Waals surface area contributed by atoms with Gasteiger partial charge in [-0.1, -0.05) is 18.2 Å². The molecule has 0 saturated carbocycles. The molecule has 1 aliphatic rings. The summed E-state index contributed by atoms with van der Waals surface area (Å²) < 4.78 is 5.46. The van der Waals surface area contributed by atoms with E-state index in [0.717, 1.165) is 22.7 Å². The van der Waals surface area contributed by atoms with Crippen LogP contribution < -0.4 is 10.3 Å². The first kappa shape index (κ1) is 17.8. The molecule has 0 fully saturated rings. The third-order valence-electron chi connectivity index (χ3n) is 4.68. The summed E-state index contributed by atoms with van der Waals surface area (Å²) in [5.74, 6) is 1.31. The Labute approximate surface area is 161 Å². The van der Waals surface area contributed by atoms with E-state index < -0.39 is 0 Å². The lowest BCUT2D eigenvalue weighted by atomic mass is 10.1. The van der Waals surface area contributed by atoms with Crippen LogP contribution in [-0.4, -0.2) is 33.1 Å². The summed E-state index contributed by atoms with van der Waals surface area (Å²) in [6.45, 7) is 4.24. The number of para-hydroxylation sites is 1. The maximum absolute atomic E-state index is 12.6. The molecule has 27 heavy (non-hydrogen) atoms. The van der Waals surface area contributed by atoms with Gasteiger partial charge in [-0.15, -0.1) is 11.3 Å². The molecule has 0 amide bonds. The first-order valence-corrected chi connectivity index (χ1v) is 9.85. The predicted molar refractivity (Wildman–Crippen MR) is 105 cm³/mol. The Hall–Kier alpha value is -2.64. The van der Waals surface area contributed by atoms with Gasteiger partial charge >= 0.3 is 0 Å². The van der Waals surface area contributed by atoms with Crippen molar-refractivity contribution in [3.05, 3.63) is 62.9 Å². The monoisotopic (exact) mass is 383 g/mol. The van der Waals surface area contributed by atoms with Crippen LogP contribution >= 0.6 is 11.3 Å². The quantitative estimate of drug-likeness (QED) is 0.708. The van der Waals surface area contributed by atoms with E-state index in [4.69, 9.17) is 4.74 Å². The Morgan fingerprint density at radius 2 is 2.22 bits per heavy atom. The van der Waals surface area contributed by atoms with Crippen molar-refractivity contribution < 1.29 is 9.84 Å². The summed E-state index contributed by atoms with van der Waals surface area (Å²) in [4.78, 5) is 23.3. The van der Waals surface area contributed by atoms with Crippen LogP contribution in [0.2, 0.25) is 0 Å². The molecule has 140 valence electrons. The molecule has 0 saturated heterocycles. The fourth-order valence-electron chi connectivity index (χ4n) is 3.35. The Kier molecular flexibility index (Phi) is 4.96. The Balaban J connectivity index is 1.56. The number of hydrogen-bond donors (Lipinski definition) is 2. The lowest BCUT2D eigenvalue weighted by Gasteiger charge is -2.28. The number of aromatic amines is 1. The third-order valence-corrected chi connectivity index (χ3v) is 5.56. The van der Waals surface area contributed by atoms with Gasteiger partial charge in [0.15, 0.2) is 17.3 Å². The molecule has 0 atom stereocenters. The summed E-state index contributed by atoms with van der Waals surface area (Å²) in [6.07, 6.45) is 0.712. The number of H-pyrrole nitrogens is 1. The highest BCUT2D eigenvalue weighted by Gasteiger charge is 2.23. The number of aromatic nitrogens is 2. The van der Waals surface area contributed by atoms with Crippen LogP contribution in [0, 0.1) is 0 Å². The summed E-state index contributed by atoms with van der Waals surface area (Å²) >= 11 is 1.56. The van der Waals surface area contributed by atoms with Gasteiger partial charge in [-0.25, -0.2) is 4.98 Å². The maximum Gasteiger partial charge on any atom is 0.255 e. The van der Waals surface area contributed by atoms with E-state index in [0.29, 0.717) is 43.3 Å². The fraction of sp³-hybridized carbons (Fsp3) is 0.300. The Morgan fingerprint density at radius 1 is 1.33 bits per heavy atom. The van der Waals surface area contributed by atoms with E-state index in [1.165, 1.54) is 0 Å². The van der Waals surface area contributed by atoms with Crippen molar-refractivity contribution in [3.63, 3.8) is 0 Å². The molecule has 0 aliphatic carbocycles. The highest BCUT2D eigenvalue weighted by Crippen LogP contribution is 2.31. The van der Waals surface area contributed by atoms with E-state index in [1.54, 1.807) is 17.4 Å². The second-order valence-corrected chi connectivity index (χ2v) is 7.42. The molecular formula is C20H21N3O3S. The highest BCUT2D eigenvalue weighted by molar-refractivity contribution is 7.13. The van der Waals surface area contributed by atoms with Gasteiger partial charge in [0, 0.05) is 31.6 Å². The Morgan fingerprint density at radius 3 is 3.00 bits per heavy atom. The first-order chi connectivity index (χ1) is 13.2. The Bertz CT molecular complexity index is 998. The largest absolute Gasteiger partial charge is 0.504 e. The van der Waals surface area contributed by atoms with Crippen LogP contribution in [0.15, 0.2) is 40.5 Å². The average Bonchev–Trinajstić information content (AvgIpc) is 3.20. The predicted octanol–water partition coefficient (Wildman–Crippen LogP) is 3.16. The highest BCUT2D eigenvalue weighted by atomic mass is 32.1. The van der Waals surface area contributed by atoms with Gasteiger partial charge in [0.2, 0.25) is 0 Å². The lowest BCUT2D eigenvalue weighted by Crippen LogP contribution is -2.35. The molecule has 7 heteroatoms. The van der Waals surface area contributed by atoms with Crippen LogP contribution in [0.25, 0.3) is 10.7 Å². The maximum atomic E-state index is 12.6. The van der Waals surface area contributed by atoms with Crippen molar-refractivity contribution in [1.29, 1.82) is 0 Å². The van der Waals surface area contributed by atoms with Gasteiger partial charge in [0.25, 0.3) is 5.56 Å². The second-order valence-electron chi connectivity index (χ2n) is 6.47. The zero-order valence-corrected chi connectivity index (χ0v) is 15.9. The van der Waals surface area contributed by atoms with Gasteiger partial charge < -0.3 is 14.8 Å². The van der Waals surface area contributed by atoms with Crippen molar-refractivity contribution in [3.8, 4) is 22.2 Å². The third kappa shape index (κ3) is 3.61. The number of rotatable bonds is 5. The summed E-state index contributed by atoms with van der Waals surface area (Å²) in [7, 11) is 0. The van der Waals surface area contributed by atoms with Crippen LogP contribution in [0.5, 0.6) is 11.5 Å². The number of hydrogen-bond acceptors (Lipinski definition) is 6. The summed E-state index contributed by atoms with van der Waals surface area (Å²) in [5, 5.41) is 12.4. The van der Waals surface area contributed by atoms with Gasteiger partial charge in [-0.05, 0) is 24.4 Å². The number of ether oxygens (including phenoxy) is 1. The van der Waals surface area contributed by atoms with E-state index in [2.05, 4.69) is 14.9 Å². The standard InChI is InChI=1S/C20H21N3O3S/c1-2-26-16-6-3-5-13(18(16)24)11-23-9-8-15-14(12-23)20(25)22-19(21-15)17-7-4-10-27-17/h3-7,10,24H,2,8-9,11-12H2,1H3,(H,21,22,25). The minimum absolute atomic E-state index is 0.0830.